The van der Waals surface area contributed by atoms with Gasteiger partial charge in [0.2, 0.25) is 0 Å². The van der Waals surface area contributed by atoms with E-state index in [1.54, 1.807) is 0 Å². The van der Waals surface area contributed by atoms with Crippen LogP contribution in [0.5, 0.6) is 5.75 Å². The first-order valence-electron chi connectivity index (χ1n) is 10.0. The minimum atomic E-state index is -0.459. The van der Waals surface area contributed by atoms with E-state index in [-0.39, 0.29) is 5.91 Å². The number of benzene rings is 2. The summed E-state index contributed by atoms with van der Waals surface area (Å²) in [7, 11) is 0. The molecule has 5 heteroatoms. The molecule has 0 saturated carbocycles. The van der Waals surface area contributed by atoms with E-state index in [0.29, 0.717) is 5.92 Å². The van der Waals surface area contributed by atoms with Gasteiger partial charge in [0.1, 0.15) is 11.6 Å². The summed E-state index contributed by atoms with van der Waals surface area (Å²) in [5.41, 5.74) is 2.25. The lowest BCUT2D eigenvalue weighted by molar-refractivity contribution is -0.139. The van der Waals surface area contributed by atoms with Crippen LogP contribution in [-0.4, -0.2) is 39.6 Å². The molecule has 1 fully saturated rings. The van der Waals surface area contributed by atoms with Crippen LogP contribution in [0.25, 0.3) is 11.0 Å². The van der Waals surface area contributed by atoms with Crippen molar-refractivity contribution in [3.8, 4) is 5.75 Å². The van der Waals surface area contributed by atoms with Gasteiger partial charge in [-0.1, -0.05) is 30.3 Å². The number of hydrogen-bond donors (Lipinski definition) is 0. The molecule has 2 heterocycles. The van der Waals surface area contributed by atoms with Gasteiger partial charge in [-0.2, -0.15) is 0 Å². The molecule has 1 saturated heterocycles. The number of carbonyl (C=O) groups is 1. The Hall–Kier alpha value is -2.82. The SMILES string of the molecule is Cc1nc2ccccc2n1CC1CCN(C(=O)[C@@H](C)Oc2ccccc2)CC1. The summed E-state index contributed by atoms with van der Waals surface area (Å²) in [5.74, 6) is 2.43. The highest BCUT2D eigenvalue weighted by Gasteiger charge is 2.27. The Balaban J connectivity index is 1.34. The van der Waals surface area contributed by atoms with Crippen LogP contribution in [0.1, 0.15) is 25.6 Å². The molecular weight excluding hydrogens is 350 g/mol. The van der Waals surface area contributed by atoms with E-state index in [1.807, 2.05) is 48.2 Å². The number of aryl methyl sites for hydroxylation is 1. The van der Waals surface area contributed by atoms with E-state index in [4.69, 9.17) is 4.74 Å². The number of aromatic nitrogens is 2. The van der Waals surface area contributed by atoms with Crippen LogP contribution in [0.3, 0.4) is 0 Å². The highest BCUT2D eigenvalue weighted by Crippen LogP contribution is 2.24. The lowest BCUT2D eigenvalue weighted by atomic mass is 9.96. The Labute approximate surface area is 165 Å². The van der Waals surface area contributed by atoms with Crippen molar-refractivity contribution >= 4 is 16.9 Å². The van der Waals surface area contributed by atoms with Crippen LogP contribution in [0.4, 0.5) is 0 Å². The minimum Gasteiger partial charge on any atom is -0.481 e. The molecule has 1 aliphatic rings. The summed E-state index contributed by atoms with van der Waals surface area (Å²) in [6, 6.07) is 17.8. The Bertz CT molecular complexity index is 943. The van der Waals surface area contributed by atoms with E-state index in [0.717, 1.165) is 49.6 Å². The van der Waals surface area contributed by atoms with Gasteiger partial charge >= 0.3 is 0 Å². The van der Waals surface area contributed by atoms with Crippen molar-refractivity contribution in [2.24, 2.45) is 5.92 Å². The van der Waals surface area contributed by atoms with E-state index in [2.05, 4.69) is 34.7 Å². The maximum absolute atomic E-state index is 12.7. The molecule has 2 aromatic carbocycles. The first kappa shape index (κ1) is 18.5. The normalized spacial score (nSPS) is 16.3. The number of ether oxygens (including phenoxy) is 1. The van der Waals surface area contributed by atoms with Crippen molar-refractivity contribution in [2.45, 2.75) is 39.3 Å². The average Bonchev–Trinajstić information content (AvgIpc) is 3.04. The number of piperidine rings is 1. The van der Waals surface area contributed by atoms with Crippen molar-refractivity contribution in [3.63, 3.8) is 0 Å². The Morgan fingerprint density at radius 2 is 1.79 bits per heavy atom. The lowest BCUT2D eigenvalue weighted by Gasteiger charge is -2.34. The second kappa shape index (κ2) is 8.05. The number of imidazole rings is 1. The number of carbonyl (C=O) groups excluding carboxylic acids is 1. The van der Waals surface area contributed by atoms with Crippen LogP contribution in [-0.2, 0) is 11.3 Å². The van der Waals surface area contributed by atoms with E-state index in [9.17, 15) is 4.79 Å². The zero-order valence-electron chi connectivity index (χ0n) is 16.5. The molecule has 0 N–H and O–H groups in total. The summed E-state index contributed by atoms with van der Waals surface area (Å²) in [4.78, 5) is 19.4. The predicted octanol–water partition coefficient (Wildman–Crippen LogP) is 4.05. The van der Waals surface area contributed by atoms with Crippen molar-refractivity contribution in [1.82, 2.24) is 14.5 Å². The monoisotopic (exact) mass is 377 g/mol. The number of hydrogen-bond acceptors (Lipinski definition) is 3. The van der Waals surface area contributed by atoms with Crippen LogP contribution in [0.15, 0.2) is 54.6 Å². The molecule has 4 rings (SSSR count). The molecule has 0 bridgehead atoms. The number of fused-ring (bicyclic) bond motifs is 1. The summed E-state index contributed by atoms with van der Waals surface area (Å²) in [6.45, 7) is 6.45. The van der Waals surface area contributed by atoms with Gasteiger partial charge in [0, 0.05) is 19.6 Å². The molecule has 3 aromatic rings. The van der Waals surface area contributed by atoms with Crippen LogP contribution in [0, 0.1) is 12.8 Å². The van der Waals surface area contributed by atoms with Gasteiger partial charge in [0.25, 0.3) is 5.91 Å². The fraction of sp³-hybridized carbons (Fsp3) is 0.391. The Morgan fingerprint density at radius 1 is 1.11 bits per heavy atom. The van der Waals surface area contributed by atoms with Gasteiger partial charge in [-0.3, -0.25) is 4.79 Å². The second-order valence-electron chi connectivity index (χ2n) is 7.60. The third-order valence-electron chi connectivity index (χ3n) is 5.62. The summed E-state index contributed by atoms with van der Waals surface area (Å²) >= 11 is 0. The summed E-state index contributed by atoms with van der Waals surface area (Å²) < 4.78 is 8.12. The zero-order valence-corrected chi connectivity index (χ0v) is 16.5. The van der Waals surface area contributed by atoms with Gasteiger partial charge in [0.15, 0.2) is 6.10 Å². The number of likely N-dealkylation sites (tertiary alicyclic amines) is 1. The third kappa shape index (κ3) is 3.88. The molecule has 0 radical (unpaired) electrons. The quantitative estimate of drug-likeness (QED) is 0.674. The van der Waals surface area contributed by atoms with Crippen molar-refractivity contribution in [1.29, 1.82) is 0 Å². The molecule has 0 aliphatic carbocycles. The predicted molar refractivity (Wildman–Crippen MR) is 110 cm³/mol. The minimum absolute atomic E-state index is 0.0755. The maximum atomic E-state index is 12.7. The first-order valence-corrected chi connectivity index (χ1v) is 10.0. The number of nitrogens with zero attached hydrogens (tertiary/aromatic N) is 3. The van der Waals surface area contributed by atoms with Gasteiger partial charge < -0.3 is 14.2 Å². The third-order valence-corrected chi connectivity index (χ3v) is 5.62. The molecule has 5 nitrogen and oxygen atoms in total. The molecule has 1 amide bonds. The maximum Gasteiger partial charge on any atom is 0.263 e. The molecule has 1 atom stereocenters. The van der Waals surface area contributed by atoms with Crippen molar-refractivity contribution < 1.29 is 9.53 Å². The first-order chi connectivity index (χ1) is 13.6. The van der Waals surface area contributed by atoms with Gasteiger partial charge in [-0.25, -0.2) is 4.98 Å². The highest BCUT2D eigenvalue weighted by molar-refractivity contribution is 5.81. The molecule has 28 heavy (non-hydrogen) atoms. The lowest BCUT2D eigenvalue weighted by Crippen LogP contribution is -2.45. The molecule has 146 valence electrons. The van der Waals surface area contributed by atoms with Gasteiger partial charge in [-0.15, -0.1) is 0 Å². The molecule has 0 unspecified atom stereocenters. The van der Waals surface area contributed by atoms with Crippen LogP contribution in [0.2, 0.25) is 0 Å². The number of amides is 1. The molecule has 1 aliphatic heterocycles. The van der Waals surface area contributed by atoms with Gasteiger partial charge in [-0.05, 0) is 56.9 Å². The fourth-order valence-corrected chi connectivity index (χ4v) is 4.03. The van der Waals surface area contributed by atoms with Crippen molar-refractivity contribution in [3.05, 3.63) is 60.4 Å². The average molecular weight is 377 g/mol. The van der Waals surface area contributed by atoms with Gasteiger partial charge in [0.05, 0.1) is 11.0 Å². The molecular formula is C23H27N3O2. The Kier molecular flexibility index (Phi) is 5.33. The smallest absolute Gasteiger partial charge is 0.263 e. The number of para-hydroxylation sites is 3. The summed E-state index contributed by atoms with van der Waals surface area (Å²) in [6.07, 6.45) is 1.56. The number of rotatable bonds is 5. The van der Waals surface area contributed by atoms with Crippen molar-refractivity contribution in [2.75, 3.05) is 13.1 Å². The van der Waals surface area contributed by atoms with E-state index >= 15 is 0 Å². The van der Waals surface area contributed by atoms with Crippen LogP contribution < -0.4 is 4.74 Å². The standard InChI is InChI=1S/C23H27N3O2/c1-17(28-20-8-4-3-5-9-20)23(27)25-14-12-19(13-15-25)16-26-18(2)24-21-10-6-7-11-22(21)26/h3-11,17,19H,12-16H2,1-2H3/t17-/m1/s1. The topological polar surface area (TPSA) is 47.4 Å². The zero-order chi connectivity index (χ0) is 19.5. The molecule has 0 spiro atoms. The highest BCUT2D eigenvalue weighted by atomic mass is 16.5. The van der Waals surface area contributed by atoms with E-state index in [1.165, 1.54) is 5.52 Å². The second-order valence-corrected chi connectivity index (χ2v) is 7.60. The Morgan fingerprint density at radius 3 is 2.54 bits per heavy atom. The molecule has 1 aromatic heterocycles. The van der Waals surface area contributed by atoms with Crippen LogP contribution >= 0.6 is 0 Å². The largest absolute Gasteiger partial charge is 0.481 e. The fourth-order valence-electron chi connectivity index (χ4n) is 4.03. The van der Waals surface area contributed by atoms with E-state index < -0.39 is 6.10 Å². The summed E-state index contributed by atoms with van der Waals surface area (Å²) in [5, 5.41) is 0.